The van der Waals surface area contributed by atoms with Crippen LogP contribution in [-0.4, -0.2) is 27.4 Å². The van der Waals surface area contributed by atoms with E-state index in [2.05, 4.69) is 4.98 Å². The first-order valence-corrected chi connectivity index (χ1v) is 7.12. The van der Waals surface area contributed by atoms with Gasteiger partial charge in [0.15, 0.2) is 0 Å². The predicted octanol–water partition coefficient (Wildman–Crippen LogP) is 4.33. The molecule has 118 valence electrons. The lowest BCUT2D eigenvalue weighted by molar-refractivity contribution is 0.318. The van der Waals surface area contributed by atoms with Crippen LogP contribution in [0.5, 0.6) is 0 Å². The minimum absolute atomic E-state index is 0.191. The molecule has 1 saturated heterocycles. The van der Waals surface area contributed by atoms with Crippen molar-refractivity contribution in [3.63, 3.8) is 0 Å². The second-order valence-electron chi connectivity index (χ2n) is 4.77. The van der Waals surface area contributed by atoms with Gasteiger partial charge in [-0.05, 0) is 55.5 Å². The van der Waals surface area contributed by atoms with E-state index < -0.39 is 62.2 Å². The molecule has 1 aliphatic rings. The number of fused-ring (bicyclic) bond motifs is 1. The van der Waals surface area contributed by atoms with Gasteiger partial charge < -0.3 is 4.57 Å². The van der Waals surface area contributed by atoms with Crippen LogP contribution >= 0.6 is 11.6 Å². The first kappa shape index (κ1) is 5.91. The largest absolute Gasteiger partial charge is 0.322 e. The topological polar surface area (TPSA) is 21.1 Å². The molecule has 0 amide bonds. The summed E-state index contributed by atoms with van der Waals surface area (Å²) in [5.74, 6) is -0.759. The lowest BCUT2D eigenvalue weighted by Crippen LogP contribution is -2.21. The smallest absolute Gasteiger partial charge is 0.124 e. The maximum atomic E-state index is 8.81. The summed E-state index contributed by atoms with van der Waals surface area (Å²) in [6, 6.07) is 3.71. The van der Waals surface area contributed by atoms with E-state index in [4.69, 9.17) is 30.8 Å². The zero-order valence-corrected chi connectivity index (χ0v) is 12.5. The summed E-state index contributed by atoms with van der Waals surface area (Å²) in [6.07, 6.45) is -7.01. The summed E-state index contributed by atoms with van der Waals surface area (Å²) in [5.41, 5.74) is -0.136. The van der Waals surface area contributed by atoms with Crippen LogP contribution < -0.4 is 0 Å². The minimum atomic E-state index is -3.53. The third-order valence-corrected chi connectivity index (χ3v) is 3.51. The van der Waals surface area contributed by atoms with Crippen molar-refractivity contribution in [2.24, 2.45) is 0 Å². The Balaban J connectivity index is 2.07. The molecule has 0 radical (unpaired) electrons. The molecule has 0 atom stereocenters. The van der Waals surface area contributed by atoms with Crippen molar-refractivity contribution in [1.82, 2.24) is 14.5 Å². The molecule has 2 heterocycles. The Labute approximate surface area is 161 Å². The highest BCUT2D eigenvalue weighted by Gasteiger charge is 2.17. The van der Waals surface area contributed by atoms with Crippen molar-refractivity contribution in [2.45, 2.75) is 25.8 Å². The molecule has 23 heavy (non-hydrogen) atoms. The van der Waals surface area contributed by atoms with Crippen LogP contribution in [0.4, 0.5) is 0 Å². The highest BCUT2D eigenvalue weighted by Crippen LogP contribution is 2.21. The van der Waals surface area contributed by atoms with E-state index in [1.54, 1.807) is 12.1 Å². The standard InChI is InChI=1S/C19H20ClN3/c20-16-9-7-15(8-10-16)13-23-18-6-2-1-5-17(18)21-19(23)14-22-11-3-4-12-22/h1-2,5-10H,3-4,11-14H2/i1D,2D,3D2,4D2,5D,6D,11D2,12D2,14D2. The van der Waals surface area contributed by atoms with Gasteiger partial charge >= 0.3 is 0 Å². The summed E-state index contributed by atoms with van der Waals surface area (Å²) in [5, 5.41) is 0.389. The predicted molar refractivity (Wildman–Crippen MR) is 94.8 cm³/mol. The van der Waals surface area contributed by atoms with Crippen LogP contribution in [0, 0.1) is 0 Å². The number of imidazole rings is 1. The van der Waals surface area contributed by atoms with Gasteiger partial charge in [0, 0.05) is 22.5 Å². The summed E-state index contributed by atoms with van der Waals surface area (Å²) >= 11 is 5.94. The molecule has 0 unspecified atom stereocenters. The number of para-hydroxylation sites is 2. The zero-order chi connectivity index (χ0) is 28.1. The van der Waals surface area contributed by atoms with E-state index in [1.807, 2.05) is 0 Å². The molecule has 2 aromatic carbocycles. The highest BCUT2D eigenvalue weighted by molar-refractivity contribution is 6.30. The van der Waals surface area contributed by atoms with Crippen molar-refractivity contribution in [2.75, 3.05) is 13.0 Å². The third-order valence-electron chi connectivity index (χ3n) is 3.26. The normalized spacial score (nSPS) is 33.8. The SMILES string of the molecule is [2H]c1c([2H])c([2H])c2c(nc(C([2H])([2H])N3C([2H])([2H])C([2H])([2H])C([2H])([2H])C3([2H])[2H])n2Cc2ccc(Cl)cc2)c1[2H]. The van der Waals surface area contributed by atoms with E-state index in [0.29, 0.717) is 10.6 Å². The summed E-state index contributed by atoms with van der Waals surface area (Å²) < 4.78 is 117. The molecule has 1 aliphatic heterocycles. The minimum Gasteiger partial charge on any atom is -0.322 e. The molecule has 0 spiro atoms. The summed E-state index contributed by atoms with van der Waals surface area (Å²) in [7, 11) is 0. The maximum Gasteiger partial charge on any atom is 0.124 e. The Morgan fingerprint density at radius 1 is 1.17 bits per heavy atom. The number of rotatable bonds is 4. The molecule has 4 heteroatoms. The van der Waals surface area contributed by atoms with Crippen molar-refractivity contribution < 1.29 is 19.2 Å². The molecule has 4 rings (SSSR count). The number of hydrogen-bond acceptors (Lipinski definition) is 2. The fraction of sp³-hybridized carbons (Fsp3) is 0.316. The fourth-order valence-electron chi connectivity index (χ4n) is 2.21. The van der Waals surface area contributed by atoms with Gasteiger partial charge in [-0.25, -0.2) is 4.98 Å². The van der Waals surface area contributed by atoms with Crippen LogP contribution in [0.2, 0.25) is 5.02 Å². The number of aromatic nitrogens is 2. The molecule has 1 fully saturated rings. The van der Waals surface area contributed by atoms with Gasteiger partial charge in [-0.1, -0.05) is 35.8 Å². The molecular formula is C19H20ClN3. The Morgan fingerprint density at radius 3 is 2.70 bits per heavy atom. The van der Waals surface area contributed by atoms with Crippen molar-refractivity contribution in [3.05, 3.63) is 64.8 Å². The molecule has 0 bridgehead atoms. The van der Waals surface area contributed by atoms with Crippen LogP contribution in [0.3, 0.4) is 0 Å². The molecular weight excluding hydrogens is 306 g/mol. The van der Waals surface area contributed by atoms with Crippen molar-refractivity contribution >= 4 is 22.6 Å². The molecule has 0 saturated carbocycles. The molecule has 0 N–H and O–H groups in total. The fourth-order valence-corrected chi connectivity index (χ4v) is 2.34. The van der Waals surface area contributed by atoms with E-state index in [-0.39, 0.29) is 22.5 Å². The quantitative estimate of drug-likeness (QED) is 0.705. The van der Waals surface area contributed by atoms with Crippen LogP contribution in [-0.2, 0) is 13.0 Å². The van der Waals surface area contributed by atoms with Gasteiger partial charge in [0.2, 0.25) is 0 Å². The number of benzene rings is 2. The van der Waals surface area contributed by atoms with Gasteiger partial charge in [0.05, 0.1) is 25.8 Å². The first-order chi connectivity index (χ1) is 16.7. The lowest BCUT2D eigenvalue weighted by Gasteiger charge is -2.16. The Morgan fingerprint density at radius 2 is 1.91 bits per heavy atom. The van der Waals surface area contributed by atoms with E-state index in [0.717, 1.165) is 4.57 Å². The third kappa shape index (κ3) is 3.12. The van der Waals surface area contributed by atoms with Crippen LogP contribution in [0.25, 0.3) is 11.0 Å². The summed E-state index contributed by atoms with van der Waals surface area (Å²) in [4.78, 5) is 3.87. The van der Waals surface area contributed by atoms with Gasteiger partial charge in [-0.3, -0.25) is 4.90 Å². The van der Waals surface area contributed by atoms with Crippen LogP contribution in [0.15, 0.2) is 48.4 Å². The molecule has 3 nitrogen and oxygen atoms in total. The number of likely N-dealkylation sites (tertiary alicyclic amines) is 1. The second-order valence-corrected chi connectivity index (χ2v) is 5.20. The average molecular weight is 340 g/mol. The lowest BCUT2D eigenvalue weighted by atomic mass is 10.2. The highest BCUT2D eigenvalue weighted by atomic mass is 35.5. The second kappa shape index (κ2) is 6.34. The Hall–Kier alpha value is -1.84. The molecule has 0 aliphatic carbocycles. The van der Waals surface area contributed by atoms with Crippen LogP contribution in [0.1, 0.15) is 43.3 Å². The molecule has 3 aromatic rings. The average Bonchev–Trinajstić information content (AvgIpc) is 3.19. The number of hydrogen-bond donors (Lipinski definition) is 0. The van der Waals surface area contributed by atoms with Crippen molar-refractivity contribution in [1.29, 1.82) is 0 Å². The first-order valence-electron chi connectivity index (χ1n) is 13.7. The number of halogens is 1. The Bertz CT molecular complexity index is 1370. The van der Waals surface area contributed by atoms with E-state index in [9.17, 15) is 0 Å². The van der Waals surface area contributed by atoms with Gasteiger partial charge in [0.1, 0.15) is 5.82 Å². The Kier molecular flexibility index (Phi) is 1.63. The van der Waals surface area contributed by atoms with E-state index >= 15 is 0 Å². The maximum absolute atomic E-state index is 8.81. The van der Waals surface area contributed by atoms with E-state index in [1.165, 1.54) is 12.1 Å². The molecule has 1 aromatic heterocycles. The zero-order valence-electron chi connectivity index (χ0n) is 25.7. The van der Waals surface area contributed by atoms with Crippen molar-refractivity contribution in [3.8, 4) is 0 Å². The summed E-state index contributed by atoms with van der Waals surface area (Å²) in [6.45, 7) is -10.7. The van der Waals surface area contributed by atoms with Gasteiger partial charge in [-0.2, -0.15) is 0 Å². The van der Waals surface area contributed by atoms with Gasteiger partial charge in [0.25, 0.3) is 0 Å². The van der Waals surface area contributed by atoms with Gasteiger partial charge in [-0.15, -0.1) is 0 Å². The monoisotopic (exact) mass is 339 g/mol. The number of nitrogens with zero attached hydrogens (tertiary/aromatic N) is 3.